The molecule has 1 aliphatic heterocycles. The van der Waals surface area contributed by atoms with Gasteiger partial charge in [-0.1, -0.05) is 20.8 Å². The average Bonchev–Trinajstić information content (AvgIpc) is 2.88. The van der Waals surface area contributed by atoms with Gasteiger partial charge in [-0.15, -0.1) is 0 Å². The van der Waals surface area contributed by atoms with Crippen molar-refractivity contribution in [3.05, 3.63) is 0 Å². The van der Waals surface area contributed by atoms with E-state index in [1.54, 1.807) is 0 Å². The normalized spacial score (nSPS) is 37.9. The predicted molar refractivity (Wildman–Crippen MR) is 80.5 cm³/mol. The van der Waals surface area contributed by atoms with Gasteiger partial charge in [-0.25, -0.2) is 0 Å². The van der Waals surface area contributed by atoms with Crippen LogP contribution in [-0.4, -0.2) is 37.7 Å². The molecule has 1 saturated heterocycles. The van der Waals surface area contributed by atoms with Gasteiger partial charge in [-0.2, -0.15) is 0 Å². The van der Waals surface area contributed by atoms with Gasteiger partial charge in [0.05, 0.1) is 19.1 Å². The smallest absolute Gasteiger partial charge is 0.227 e. The van der Waals surface area contributed by atoms with Crippen molar-refractivity contribution in [3.8, 4) is 0 Å². The fourth-order valence-electron chi connectivity index (χ4n) is 3.51. The van der Waals surface area contributed by atoms with Crippen molar-refractivity contribution in [1.82, 2.24) is 10.6 Å². The van der Waals surface area contributed by atoms with Crippen molar-refractivity contribution in [3.63, 3.8) is 0 Å². The molecule has 0 aromatic carbocycles. The van der Waals surface area contributed by atoms with Crippen LogP contribution in [-0.2, 0) is 9.53 Å². The van der Waals surface area contributed by atoms with Crippen LogP contribution in [0.3, 0.4) is 0 Å². The fraction of sp³-hybridized carbons (Fsp3) is 0.938. The van der Waals surface area contributed by atoms with Crippen molar-refractivity contribution in [2.45, 2.75) is 58.5 Å². The van der Waals surface area contributed by atoms with E-state index in [-0.39, 0.29) is 17.9 Å². The Morgan fingerprint density at radius 2 is 2.00 bits per heavy atom. The lowest BCUT2D eigenvalue weighted by Gasteiger charge is -2.34. The van der Waals surface area contributed by atoms with E-state index in [1.807, 2.05) is 0 Å². The standard InChI is InChI=1S/C16H30N2O2/c1-4-7-17-15-10-20-9-13(15)16(19)18-14-6-5-11(2)8-12(14)3/h11-15,17H,4-10H2,1-3H3,(H,18,19). The van der Waals surface area contributed by atoms with Crippen LogP contribution >= 0.6 is 0 Å². The molecule has 1 aliphatic carbocycles. The minimum absolute atomic E-state index is 0.0203. The first-order valence-electron chi connectivity index (χ1n) is 8.23. The van der Waals surface area contributed by atoms with Crippen LogP contribution in [0.25, 0.3) is 0 Å². The summed E-state index contributed by atoms with van der Waals surface area (Å²) in [7, 11) is 0. The summed E-state index contributed by atoms with van der Waals surface area (Å²) >= 11 is 0. The van der Waals surface area contributed by atoms with E-state index in [0.29, 0.717) is 25.2 Å². The van der Waals surface area contributed by atoms with Gasteiger partial charge < -0.3 is 15.4 Å². The molecular weight excluding hydrogens is 252 g/mol. The summed E-state index contributed by atoms with van der Waals surface area (Å²) in [6, 6.07) is 0.541. The molecule has 116 valence electrons. The maximum atomic E-state index is 12.5. The van der Waals surface area contributed by atoms with Crippen molar-refractivity contribution in [1.29, 1.82) is 0 Å². The Balaban J connectivity index is 1.84. The van der Waals surface area contributed by atoms with Crippen molar-refractivity contribution in [2.75, 3.05) is 19.8 Å². The lowest BCUT2D eigenvalue weighted by Crippen LogP contribution is -2.49. The number of hydrogen-bond donors (Lipinski definition) is 2. The van der Waals surface area contributed by atoms with Crippen LogP contribution < -0.4 is 10.6 Å². The molecule has 1 heterocycles. The predicted octanol–water partition coefficient (Wildman–Crippen LogP) is 1.94. The van der Waals surface area contributed by atoms with Gasteiger partial charge in [0.25, 0.3) is 0 Å². The number of amides is 1. The van der Waals surface area contributed by atoms with Crippen LogP contribution in [0.15, 0.2) is 0 Å². The van der Waals surface area contributed by atoms with E-state index in [4.69, 9.17) is 4.74 Å². The van der Waals surface area contributed by atoms with Gasteiger partial charge in [0, 0.05) is 12.1 Å². The van der Waals surface area contributed by atoms with Gasteiger partial charge in [-0.05, 0) is 44.1 Å². The lowest BCUT2D eigenvalue weighted by molar-refractivity contribution is -0.126. The zero-order valence-electron chi connectivity index (χ0n) is 13.2. The van der Waals surface area contributed by atoms with E-state index in [9.17, 15) is 4.79 Å². The van der Waals surface area contributed by atoms with Crippen LogP contribution in [0.5, 0.6) is 0 Å². The molecule has 1 saturated carbocycles. The second-order valence-corrected chi connectivity index (χ2v) is 6.72. The zero-order valence-corrected chi connectivity index (χ0v) is 13.2. The number of carbonyl (C=O) groups excluding carboxylic acids is 1. The van der Waals surface area contributed by atoms with E-state index in [0.717, 1.165) is 25.3 Å². The summed E-state index contributed by atoms with van der Waals surface area (Å²) in [5.41, 5.74) is 0. The van der Waals surface area contributed by atoms with Gasteiger partial charge in [0.15, 0.2) is 0 Å². The molecule has 0 aromatic heterocycles. The Bertz CT molecular complexity index is 322. The van der Waals surface area contributed by atoms with E-state index < -0.39 is 0 Å². The summed E-state index contributed by atoms with van der Waals surface area (Å²) in [5, 5.41) is 6.71. The topological polar surface area (TPSA) is 50.4 Å². The summed E-state index contributed by atoms with van der Waals surface area (Å²) in [5.74, 6) is 1.55. The SMILES string of the molecule is CCCNC1COCC1C(=O)NC1CCC(C)CC1C. The zero-order chi connectivity index (χ0) is 14.5. The van der Waals surface area contributed by atoms with E-state index in [1.165, 1.54) is 12.8 Å². The molecule has 2 N–H and O–H groups in total. The summed E-state index contributed by atoms with van der Waals surface area (Å²) in [4.78, 5) is 12.5. The molecule has 0 bridgehead atoms. The first-order valence-corrected chi connectivity index (χ1v) is 8.23. The largest absolute Gasteiger partial charge is 0.379 e. The maximum absolute atomic E-state index is 12.5. The Labute approximate surface area is 123 Å². The fourth-order valence-corrected chi connectivity index (χ4v) is 3.51. The molecular formula is C16H30N2O2. The monoisotopic (exact) mass is 282 g/mol. The Morgan fingerprint density at radius 3 is 2.70 bits per heavy atom. The van der Waals surface area contributed by atoms with E-state index in [2.05, 4.69) is 31.4 Å². The summed E-state index contributed by atoms with van der Waals surface area (Å²) in [6.45, 7) is 8.89. The molecule has 2 fully saturated rings. The average molecular weight is 282 g/mol. The molecule has 4 nitrogen and oxygen atoms in total. The highest BCUT2D eigenvalue weighted by molar-refractivity contribution is 5.80. The lowest BCUT2D eigenvalue weighted by atomic mass is 9.79. The molecule has 2 aliphatic rings. The highest BCUT2D eigenvalue weighted by Crippen LogP contribution is 2.29. The third-order valence-electron chi connectivity index (χ3n) is 4.83. The number of hydrogen-bond acceptors (Lipinski definition) is 3. The maximum Gasteiger partial charge on any atom is 0.227 e. The second-order valence-electron chi connectivity index (χ2n) is 6.72. The summed E-state index contributed by atoms with van der Waals surface area (Å²) < 4.78 is 5.50. The Hall–Kier alpha value is -0.610. The van der Waals surface area contributed by atoms with Crippen LogP contribution in [0.2, 0.25) is 0 Å². The van der Waals surface area contributed by atoms with Crippen LogP contribution in [0.1, 0.15) is 46.5 Å². The van der Waals surface area contributed by atoms with Crippen molar-refractivity contribution >= 4 is 5.91 Å². The quantitative estimate of drug-likeness (QED) is 0.810. The van der Waals surface area contributed by atoms with Gasteiger partial charge in [0.2, 0.25) is 5.91 Å². The minimum atomic E-state index is -0.0203. The highest BCUT2D eigenvalue weighted by atomic mass is 16.5. The molecule has 4 heteroatoms. The summed E-state index contributed by atoms with van der Waals surface area (Å²) in [6.07, 6.45) is 4.66. The molecule has 5 unspecified atom stereocenters. The van der Waals surface area contributed by atoms with Gasteiger partial charge in [0.1, 0.15) is 0 Å². The van der Waals surface area contributed by atoms with Crippen molar-refractivity contribution < 1.29 is 9.53 Å². The van der Waals surface area contributed by atoms with E-state index >= 15 is 0 Å². The number of rotatable bonds is 5. The Kier molecular flexibility index (Phi) is 5.85. The third-order valence-corrected chi connectivity index (χ3v) is 4.83. The molecule has 20 heavy (non-hydrogen) atoms. The first kappa shape index (κ1) is 15.8. The number of ether oxygens (including phenoxy) is 1. The molecule has 2 rings (SSSR count). The first-order chi connectivity index (χ1) is 9.61. The molecule has 1 amide bonds. The second kappa shape index (κ2) is 7.41. The molecule has 0 spiro atoms. The number of carbonyl (C=O) groups is 1. The molecule has 0 aromatic rings. The van der Waals surface area contributed by atoms with Crippen LogP contribution in [0, 0.1) is 17.8 Å². The molecule has 0 radical (unpaired) electrons. The number of nitrogens with one attached hydrogen (secondary N) is 2. The van der Waals surface area contributed by atoms with Gasteiger partial charge in [-0.3, -0.25) is 4.79 Å². The van der Waals surface area contributed by atoms with Crippen LogP contribution in [0.4, 0.5) is 0 Å². The Morgan fingerprint density at radius 1 is 1.20 bits per heavy atom. The van der Waals surface area contributed by atoms with Crippen molar-refractivity contribution in [2.24, 2.45) is 17.8 Å². The van der Waals surface area contributed by atoms with Gasteiger partial charge >= 0.3 is 0 Å². The minimum Gasteiger partial charge on any atom is -0.379 e. The highest BCUT2D eigenvalue weighted by Gasteiger charge is 2.36. The molecule has 5 atom stereocenters. The third kappa shape index (κ3) is 3.95.